The highest BCUT2D eigenvalue weighted by molar-refractivity contribution is 7.91. The van der Waals surface area contributed by atoms with Gasteiger partial charge >= 0.3 is 0 Å². The van der Waals surface area contributed by atoms with Crippen molar-refractivity contribution in [2.24, 2.45) is 16.8 Å². The first-order valence-electron chi connectivity index (χ1n) is 7.04. The fraction of sp³-hybridized carbons (Fsp3) is 0.923. The van der Waals surface area contributed by atoms with Crippen molar-refractivity contribution >= 4 is 15.8 Å². The van der Waals surface area contributed by atoms with Gasteiger partial charge in [-0.15, -0.1) is 0 Å². The first-order chi connectivity index (χ1) is 8.88. The smallest absolute Gasteiger partial charge is 0.193 e. The SMILES string of the molecule is CCS(=O)(=O)CCNC(=NC)N1CC(C)CC(C)C1. The van der Waals surface area contributed by atoms with Crippen molar-refractivity contribution in [2.75, 3.05) is 38.2 Å². The highest BCUT2D eigenvalue weighted by Crippen LogP contribution is 2.20. The molecule has 0 aromatic heterocycles. The van der Waals surface area contributed by atoms with Gasteiger partial charge in [-0.05, 0) is 18.3 Å². The fourth-order valence-corrected chi connectivity index (χ4v) is 3.33. The summed E-state index contributed by atoms with van der Waals surface area (Å²) in [5, 5.41) is 3.17. The second kappa shape index (κ2) is 7.12. The molecule has 2 unspecified atom stereocenters. The number of piperidine rings is 1. The van der Waals surface area contributed by atoms with Gasteiger partial charge in [0.05, 0.1) is 5.75 Å². The summed E-state index contributed by atoms with van der Waals surface area (Å²) in [6.45, 7) is 8.59. The van der Waals surface area contributed by atoms with Crippen LogP contribution in [0.3, 0.4) is 0 Å². The summed E-state index contributed by atoms with van der Waals surface area (Å²) in [5.74, 6) is 2.50. The molecule has 1 fully saturated rings. The minimum absolute atomic E-state index is 0.168. The zero-order valence-corrected chi connectivity index (χ0v) is 13.3. The largest absolute Gasteiger partial charge is 0.355 e. The van der Waals surface area contributed by atoms with Gasteiger partial charge in [0.15, 0.2) is 15.8 Å². The topological polar surface area (TPSA) is 61.8 Å². The van der Waals surface area contributed by atoms with Crippen LogP contribution in [0, 0.1) is 11.8 Å². The molecule has 0 aromatic rings. The zero-order valence-electron chi connectivity index (χ0n) is 12.5. The molecular weight excluding hydrogens is 262 g/mol. The van der Waals surface area contributed by atoms with Gasteiger partial charge in [0.1, 0.15) is 0 Å². The summed E-state index contributed by atoms with van der Waals surface area (Å²) in [7, 11) is -1.16. The van der Waals surface area contributed by atoms with Crippen molar-refractivity contribution in [1.29, 1.82) is 0 Å². The van der Waals surface area contributed by atoms with Crippen LogP contribution in [0.1, 0.15) is 27.2 Å². The van der Waals surface area contributed by atoms with E-state index in [1.807, 2.05) is 0 Å². The third-order valence-electron chi connectivity index (χ3n) is 3.52. The maximum atomic E-state index is 11.5. The van der Waals surface area contributed by atoms with E-state index in [9.17, 15) is 8.42 Å². The lowest BCUT2D eigenvalue weighted by Crippen LogP contribution is -2.49. The number of nitrogens with one attached hydrogen (secondary N) is 1. The van der Waals surface area contributed by atoms with Gasteiger partial charge in [0, 0.05) is 32.4 Å². The Labute approximate surface area is 117 Å². The van der Waals surface area contributed by atoms with Gasteiger partial charge in [0.25, 0.3) is 0 Å². The van der Waals surface area contributed by atoms with E-state index in [4.69, 9.17) is 0 Å². The lowest BCUT2D eigenvalue weighted by Gasteiger charge is -2.37. The minimum atomic E-state index is -2.91. The summed E-state index contributed by atoms with van der Waals surface area (Å²) in [6.07, 6.45) is 1.25. The van der Waals surface area contributed by atoms with Crippen molar-refractivity contribution in [3.63, 3.8) is 0 Å². The molecule has 1 N–H and O–H groups in total. The van der Waals surface area contributed by atoms with Crippen LogP contribution in [0.2, 0.25) is 0 Å². The van der Waals surface area contributed by atoms with E-state index >= 15 is 0 Å². The molecule has 0 spiro atoms. The minimum Gasteiger partial charge on any atom is -0.355 e. The average molecular weight is 289 g/mol. The molecular formula is C13H27N3O2S. The van der Waals surface area contributed by atoms with E-state index in [1.165, 1.54) is 6.42 Å². The Morgan fingerprint density at radius 2 is 1.89 bits per heavy atom. The number of nitrogens with zero attached hydrogens (tertiary/aromatic N) is 2. The Kier molecular flexibility index (Phi) is 6.10. The van der Waals surface area contributed by atoms with Crippen LogP contribution < -0.4 is 5.32 Å². The van der Waals surface area contributed by atoms with E-state index in [-0.39, 0.29) is 11.5 Å². The van der Waals surface area contributed by atoms with Gasteiger partial charge in [-0.3, -0.25) is 4.99 Å². The molecule has 19 heavy (non-hydrogen) atoms. The highest BCUT2D eigenvalue weighted by atomic mass is 32.2. The van der Waals surface area contributed by atoms with Gasteiger partial charge in [0.2, 0.25) is 0 Å². The number of rotatable bonds is 4. The molecule has 0 aliphatic carbocycles. The molecule has 0 radical (unpaired) electrons. The first kappa shape index (κ1) is 16.3. The van der Waals surface area contributed by atoms with Gasteiger partial charge in [-0.2, -0.15) is 0 Å². The van der Waals surface area contributed by atoms with Crippen LogP contribution in [0.4, 0.5) is 0 Å². The molecule has 1 aliphatic rings. The van der Waals surface area contributed by atoms with E-state index < -0.39 is 9.84 Å². The molecule has 0 saturated carbocycles. The number of guanidine groups is 1. The summed E-state index contributed by atoms with van der Waals surface area (Å²) < 4.78 is 22.9. The second-order valence-corrected chi connectivity index (χ2v) is 8.03. The van der Waals surface area contributed by atoms with E-state index in [1.54, 1.807) is 14.0 Å². The van der Waals surface area contributed by atoms with Crippen molar-refractivity contribution in [2.45, 2.75) is 27.2 Å². The fourth-order valence-electron chi connectivity index (χ4n) is 2.63. The number of hydrogen-bond acceptors (Lipinski definition) is 3. The molecule has 0 aromatic carbocycles. The predicted molar refractivity (Wildman–Crippen MR) is 80.2 cm³/mol. The first-order valence-corrected chi connectivity index (χ1v) is 8.86. The van der Waals surface area contributed by atoms with Crippen LogP contribution in [-0.4, -0.2) is 57.5 Å². The molecule has 0 amide bonds. The van der Waals surface area contributed by atoms with Crippen molar-refractivity contribution < 1.29 is 8.42 Å². The maximum Gasteiger partial charge on any atom is 0.193 e. The summed E-state index contributed by atoms with van der Waals surface area (Å²) in [6, 6.07) is 0. The lowest BCUT2D eigenvalue weighted by molar-refractivity contribution is 0.209. The zero-order chi connectivity index (χ0) is 14.5. The molecule has 1 rings (SSSR count). The molecule has 0 bridgehead atoms. The Bertz CT molecular complexity index is 396. The standard InChI is InChI=1S/C13H27N3O2S/c1-5-19(17,18)7-6-15-13(14-4)16-9-11(2)8-12(3)10-16/h11-12H,5-10H2,1-4H3,(H,14,15). The predicted octanol–water partition coefficient (Wildman–Crippen LogP) is 0.974. The second-order valence-electron chi connectivity index (χ2n) is 5.56. The van der Waals surface area contributed by atoms with Crippen LogP contribution in [0.15, 0.2) is 4.99 Å². The average Bonchev–Trinajstić information content (AvgIpc) is 2.33. The summed E-state index contributed by atoms with van der Waals surface area (Å²) in [4.78, 5) is 6.50. The van der Waals surface area contributed by atoms with E-state index in [0.29, 0.717) is 18.4 Å². The highest BCUT2D eigenvalue weighted by Gasteiger charge is 2.24. The van der Waals surface area contributed by atoms with Gasteiger partial charge in [-0.1, -0.05) is 20.8 Å². The van der Waals surface area contributed by atoms with Crippen LogP contribution in [-0.2, 0) is 9.84 Å². The third kappa shape index (κ3) is 5.38. The van der Waals surface area contributed by atoms with E-state index in [2.05, 4.69) is 29.1 Å². The molecule has 1 aliphatic heterocycles. The third-order valence-corrected chi connectivity index (χ3v) is 5.22. The molecule has 5 nitrogen and oxygen atoms in total. The van der Waals surface area contributed by atoms with Crippen LogP contribution in [0.25, 0.3) is 0 Å². The van der Waals surface area contributed by atoms with Crippen molar-refractivity contribution in [3.05, 3.63) is 0 Å². The Morgan fingerprint density at radius 1 is 1.32 bits per heavy atom. The summed E-state index contributed by atoms with van der Waals surface area (Å²) >= 11 is 0. The normalized spacial score (nSPS) is 25.5. The molecule has 112 valence electrons. The monoisotopic (exact) mass is 289 g/mol. The molecule has 1 saturated heterocycles. The number of likely N-dealkylation sites (tertiary alicyclic amines) is 1. The Morgan fingerprint density at radius 3 is 2.37 bits per heavy atom. The summed E-state index contributed by atoms with van der Waals surface area (Å²) in [5.41, 5.74) is 0. The number of sulfone groups is 1. The van der Waals surface area contributed by atoms with Crippen molar-refractivity contribution in [1.82, 2.24) is 10.2 Å². The number of hydrogen-bond donors (Lipinski definition) is 1. The van der Waals surface area contributed by atoms with Gasteiger partial charge in [-0.25, -0.2) is 8.42 Å². The maximum absolute atomic E-state index is 11.5. The van der Waals surface area contributed by atoms with Crippen LogP contribution in [0.5, 0.6) is 0 Å². The Balaban J connectivity index is 2.50. The van der Waals surface area contributed by atoms with Gasteiger partial charge < -0.3 is 10.2 Å². The Hall–Kier alpha value is -0.780. The quantitative estimate of drug-likeness (QED) is 0.619. The molecule has 1 heterocycles. The lowest BCUT2D eigenvalue weighted by atomic mass is 9.92. The van der Waals surface area contributed by atoms with Crippen molar-refractivity contribution in [3.8, 4) is 0 Å². The number of aliphatic imine (C=N–C) groups is 1. The van der Waals surface area contributed by atoms with Crippen LogP contribution >= 0.6 is 0 Å². The molecule has 2 atom stereocenters. The molecule has 6 heteroatoms. The van der Waals surface area contributed by atoms with E-state index in [0.717, 1.165) is 19.0 Å².